The Labute approximate surface area is 208 Å². The molecule has 0 unspecified atom stereocenters. The highest BCUT2D eigenvalue weighted by molar-refractivity contribution is 7.89. The molecule has 182 valence electrons. The molecule has 0 amide bonds. The average molecular weight is 501 g/mol. The lowest BCUT2D eigenvalue weighted by atomic mass is 10.1. The molecule has 3 aromatic heterocycles. The zero-order valence-electron chi connectivity index (χ0n) is 19.8. The molecule has 9 nitrogen and oxygen atoms in total. The minimum atomic E-state index is -3.65. The molecule has 0 fully saturated rings. The molecule has 0 spiro atoms. The van der Waals surface area contributed by atoms with Crippen LogP contribution < -0.4 is 5.43 Å². The van der Waals surface area contributed by atoms with Gasteiger partial charge in [0, 0.05) is 36.9 Å². The molecule has 0 aliphatic heterocycles. The Balaban J connectivity index is 1.62. The van der Waals surface area contributed by atoms with E-state index in [4.69, 9.17) is 0 Å². The fraction of sp³-hybridized carbons (Fsp3) is 0.154. The topological polar surface area (TPSA) is 103 Å². The van der Waals surface area contributed by atoms with Crippen LogP contribution in [0.1, 0.15) is 13.8 Å². The van der Waals surface area contributed by atoms with Gasteiger partial charge in [0.2, 0.25) is 15.5 Å². The van der Waals surface area contributed by atoms with Crippen LogP contribution >= 0.6 is 0 Å². The molecule has 0 atom stereocenters. The van der Waals surface area contributed by atoms with Crippen LogP contribution in [0.5, 0.6) is 0 Å². The van der Waals surface area contributed by atoms with E-state index in [1.54, 1.807) is 61.3 Å². The maximum absolute atomic E-state index is 13.0. The number of sulfonamides is 1. The summed E-state index contributed by atoms with van der Waals surface area (Å²) in [5.74, 6) is 0. The van der Waals surface area contributed by atoms with E-state index in [2.05, 4.69) is 15.2 Å². The Morgan fingerprint density at radius 1 is 0.917 bits per heavy atom. The zero-order valence-corrected chi connectivity index (χ0v) is 20.6. The van der Waals surface area contributed by atoms with Crippen molar-refractivity contribution >= 4 is 20.9 Å². The van der Waals surface area contributed by atoms with E-state index in [0.717, 1.165) is 16.6 Å². The van der Waals surface area contributed by atoms with Crippen LogP contribution in [-0.2, 0) is 10.0 Å². The number of hydrogen-bond donors (Lipinski definition) is 0. The highest BCUT2D eigenvalue weighted by atomic mass is 32.2. The summed E-state index contributed by atoms with van der Waals surface area (Å²) >= 11 is 0. The molecule has 2 aromatic carbocycles. The molecule has 5 rings (SSSR count). The summed E-state index contributed by atoms with van der Waals surface area (Å²) in [4.78, 5) is 17.5. The fourth-order valence-corrected chi connectivity index (χ4v) is 5.67. The molecule has 0 saturated carbocycles. The fourth-order valence-electron chi connectivity index (χ4n) is 4.17. The van der Waals surface area contributed by atoms with Gasteiger partial charge in [0.1, 0.15) is 0 Å². The number of hydrogen-bond acceptors (Lipinski definition) is 6. The first-order valence-electron chi connectivity index (χ1n) is 11.5. The van der Waals surface area contributed by atoms with Gasteiger partial charge >= 0.3 is 0 Å². The summed E-state index contributed by atoms with van der Waals surface area (Å²) in [5.41, 5.74) is 2.51. The van der Waals surface area contributed by atoms with Crippen molar-refractivity contribution in [2.24, 2.45) is 0 Å². The van der Waals surface area contributed by atoms with E-state index < -0.39 is 10.0 Å². The van der Waals surface area contributed by atoms with Crippen molar-refractivity contribution < 1.29 is 8.42 Å². The highest BCUT2D eigenvalue weighted by Gasteiger charge is 2.22. The van der Waals surface area contributed by atoms with E-state index >= 15 is 0 Å². The van der Waals surface area contributed by atoms with Crippen molar-refractivity contribution in [3.8, 4) is 22.8 Å². The molecule has 0 aliphatic rings. The van der Waals surface area contributed by atoms with E-state index in [1.807, 2.05) is 30.3 Å². The SMILES string of the molecule is CCN(CC)S(=O)(=O)c1cccc(-n2ccc(=O)c(-c3ccnn3-c3cccc4ncccc34)n2)c1. The third kappa shape index (κ3) is 4.10. The lowest BCUT2D eigenvalue weighted by Gasteiger charge is -2.19. The molecular formula is C26H24N6O3S. The van der Waals surface area contributed by atoms with Crippen LogP contribution in [0.3, 0.4) is 0 Å². The van der Waals surface area contributed by atoms with Crippen LogP contribution in [0.25, 0.3) is 33.7 Å². The summed E-state index contributed by atoms with van der Waals surface area (Å²) < 4.78 is 30.6. The summed E-state index contributed by atoms with van der Waals surface area (Å²) in [7, 11) is -3.65. The van der Waals surface area contributed by atoms with Crippen molar-refractivity contribution in [3.05, 3.63) is 95.5 Å². The molecule has 5 aromatic rings. The quantitative estimate of drug-likeness (QED) is 0.338. The van der Waals surface area contributed by atoms with Crippen LogP contribution in [0.2, 0.25) is 0 Å². The second-order valence-electron chi connectivity index (χ2n) is 8.04. The van der Waals surface area contributed by atoms with E-state index in [-0.39, 0.29) is 16.0 Å². The molecule has 0 aliphatic carbocycles. The first-order chi connectivity index (χ1) is 17.4. The highest BCUT2D eigenvalue weighted by Crippen LogP contribution is 2.25. The monoisotopic (exact) mass is 500 g/mol. The average Bonchev–Trinajstić information content (AvgIpc) is 3.39. The maximum Gasteiger partial charge on any atom is 0.243 e. The molecule has 3 heterocycles. The number of rotatable bonds is 7. The van der Waals surface area contributed by atoms with Crippen molar-refractivity contribution in [3.63, 3.8) is 0 Å². The molecule has 0 radical (unpaired) electrons. The second kappa shape index (κ2) is 9.48. The Bertz CT molecular complexity index is 1720. The second-order valence-corrected chi connectivity index (χ2v) is 9.97. The van der Waals surface area contributed by atoms with Gasteiger partial charge in [0.25, 0.3) is 0 Å². The molecule has 0 N–H and O–H groups in total. The number of benzene rings is 2. The van der Waals surface area contributed by atoms with Gasteiger partial charge in [-0.15, -0.1) is 0 Å². The van der Waals surface area contributed by atoms with Crippen molar-refractivity contribution in [1.29, 1.82) is 0 Å². The van der Waals surface area contributed by atoms with Gasteiger partial charge in [-0.2, -0.15) is 14.5 Å². The third-order valence-electron chi connectivity index (χ3n) is 5.97. The normalized spacial score (nSPS) is 11.9. The Morgan fingerprint density at radius 3 is 2.53 bits per heavy atom. The van der Waals surface area contributed by atoms with Crippen LogP contribution in [0.15, 0.2) is 95.0 Å². The lowest BCUT2D eigenvalue weighted by molar-refractivity contribution is 0.445. The van der Waals surface area contributed by atoms with E-state index in [9.17, 15) is 13.2 Å². The largest absolute Gasteiger partial charge is 0.287 e. The molecule has 0 saturated heterocycles. The van der Waals surface area contributed by atoms with Gasteiger partial charge in [-0.25, -0.2) is 17.8 Å². The van der Waals surface area contributed by atoms with E-state index in [1.165, 1.54) is 21.3 Å². The van der Waals surface area contributed by atoms with E-state index in [0.29, 0.717) is 24.5 Å². The summed E-state index contributed by atoms with van der Waals surface area (Å²) in [5, 5.41) is 9.92. The predicted octanol–water partition coefficient (Wildman–Crippen LogP) is 3.66. The number of pyridine rings is 1. The lowest BCUT2D eigenvalue weighted by Crippen LogP contribution is -2.30. The Hall–Kier alpha value is -4.15. The maximum atomic E-state index is 13.0. The van der Waals surface area contributed by atoms with Crippen molar-refractivity contribution in [1.82, 2.24) is 28.9 Å². The molecule has 36 heavy (non-hydrogen) atoms. The van der Waals surface area contributed by atoms with Crippen molar-refractivity contribution in [2.75, 3.05) is 13.1 Å². The number of aromatic nitrogens is 5. The minimum absolute atomic E-state index is 0.166. The van der Waals surface area contributed by atoms with Gasteiger partial charge in [-0.05, 0) is 48.5 Å². The van der Waals surface area contributed by atoms with Gasteiger partial charge in [0.05, 0.1) is 33.7 Å². The van der Waals surface area contributed by atoms with Crippen LogP contribution in [-0.4, -0.2) is 50.4 Å². The minimum Gasteiger partial charge on any atom is -0.287 e. The first kappa shape index (κ1) is 23.6. The zero-order chi connectivity index (χ0) is 25.3. The van der Waals surface area contributed by atoms with Crippen LogP contribution in [0, 0.1) is 0 Å². The first-order valence-corrected chi connectivity index (χ1v) is 13.0. The van der Waals surface area contributed by atoms with Gasteiger partial charge in [-0.1, -0.05) is 26.0 Å². The Kier molecular flexibility index (Phi) is 6.21. The van der Waals surface area contributed by atoms with Crippen LogP contribution in [0.4, 0.5) is 0 Å². The third-order valence-corrected chi connectivity index (χ3v) is 8.02. The summed E-state index contributed by atoms with van der Waals surface area (Å²) in [6, 6.07) is 19.2. The van der Waals surface area contributed by atoms with Gasteiger partial charge < -0.3 is 0 Å². The van der Waals surface area contributed by atoms with Crippen molar-refractivity contribution in [2.45, 2.75) is 18.7 Å². The summed E-state index contributed by atoms with van der Waals surface area (Å²) in [6.45, 7) is 4.35. The summed E-state index contributed by atoms with van der Waals surface area (Å²) in [6.07, 6.45) is 4.86. The molecule has 10 heteroatoms. The smallest absolute Gasteiger partial charge is 0.243 e. The van der Waals surface area contributed by atoms with Gasteiger partial charge in [-0.3, -0.25) is 9.78 Å². The molecular weight excluding hydrogens is 476 g/mol. The van der Waals surface area contributed by atoms with Gasteiger partial charge in [0.15, 0.2) is 5.69 Å². The standard InChI is InChI=1S/C26H24N6O3S/c1-3-30(4-2)36(34,35)20-9-5-8-19(18-20)31-17-14-25(33)26(29-31)24-13-16-28-32(24)23-12-6-11-22-21(23)10-7-15-27-22/h5-18H,3-4H2,1-2H3. The number of fused-ring (bicyclic) bond motifs is 1. The Morgan fingerprint density at radius 2 is 1.72 bits per heavy atom. The molecule has 0 bridgehead atoms. The predicted molar refractivity (Wildman–Crippen MR) is 138 cm³/mol. The number of nitrogens with zero attached hydrogens (tertiary/aromatic N) is 6.